The number of aryl methyl sites for hydroxylation is 1. The molecular formula is C9H7FN2O. The van der Waals surface area contributed by atoms with Gasteiger partial charge in [-0.15, -0.1) is 4.91 Å². The molecule has 0 bridgehead atoms. The molecule has 0 saturated heterocycles. The number of aromatic amines is 1. The number of nitrogens with one attached hydrogen (secondary N) is 1. The lowest BCUT2D eigenvalue weighted by Gasteiger charge is -1.90. The van der Waals surface area contributed by atoms with E-state index in [0.717, 1.165) is 5.52 Å². The highest BCUT2D eigenvalue weighted by Crippen LogP contribution is 2.27. The number of H-pyrrole nitrogens is 1. The van der Waals surface area contributed by atoms with E-state index in [0.29, 0.717) is 10.9 Å². The van der Waals surface area contributed by atoms with Crippen molar-refractivity contribution in [2.45, 2.75) is 6.92 Å². The Hall–Kier alpha value is -1.71. The highest BCUT2D eigenvalue weighted by molar-refractivity contribution is 5.87. The van der Waals surface area contributed by atoms with E-state index < -0.39 is 0 Å². The van der Waals surface area contributed by atoms with Gasteiger partial charge in [-0.05, 0) is 30.3 Å². The van der Waals surface area contributed by atoms with Crippen molar-refractivity contribution in [1.82, 2.24) is 4.98 Å². The van der Waals surface area contributed by atoms with Crippen LogP contribution in [0, 0.1) is 17.6 Å². The topological polar surface area (TPSA) is 45.2 Å². The van der Waals surface area contributed by atoms with Crippen molar-refractivity contribution < 1.29 is 4.39 Å². The zero-order valence-electron chi connectivity index (χ0n) is 6.97. The molecule has 1 heterocycles. The van der Waals surface area contributed by atoms with Gasteiger partial charge in [-0.2, -0.15) is 0 Å². The zero-order chi connectivity index (χ0) is 9.42. The Morgan fingerprint density at radius 3 is 2.92 bits per heavy atom. The first-order chi connectivity index (χ1) is 6.22. The van der Waals surface area contributed by atoms with Crippen LogP contribution in [-0.2, 0) is 0 Å². The number of nitroso groups, excluding NO2 is 1. The van der Waals surface area contributed by atoms with Gasteiger partial charge >= 0.3 is 0 Å². The maximum absolute atomic E-state index is 12.8. The number of nitrogens with zero attached hydrogens (tertiary/aromatic N) is 1. The van der Waals surface area contributed by atoms with Gasteiger partial charge in [0, 0.05) is 16.5 Å². The monoisotopic (exact) mass is 178 g/mol. The van der Waals surface area contributed by atoms with Gasteiger partial charge in [0.1, 0.15) is 5.82 Å². The molecule has 13 heavy (non-hydrogen) atoms. The van der Waals surface area contributed by atoms with Crippen LogP contribution in [0.1, 0.15) is 5.56 Å². The van der Waals surface area contributed by atoms with Crippen LogP contribution in [0.25, 0.3) is 10.9 Å². The molecule has 0 aliphatic carbocycles. The molecule has 1 N–H and O–H groups in total. The lowest BCUT2D eigenvalue weighted by Crippen LogP contribution is -1.73. The fourth-order valence-corrected chi connectivity index (χ4v) is 1.38. The second-order valence-electron chi connectivity index (χ2n) is 2.88. The van der Waals surface area contributed by atoms with Crippen LogP contribution in [0.4, 0.5) is 10.2 Å². The van der Waals surface area contributed by atoms with Crippen LogP contribution < -0.4 is 0 Å². The van der Waals surface area contributed by atoms with E-state index in [9.17, 15) is 9.30 Å². The minimum absolute atomic E-state index is 0.264. The van der Waals surface area contributed by atoms with E-state index in [1.54, 1.807) is 13.0 Å². The summed E-state index contributed by atoms with van der Waals surface area (Å²) in [6.07, 6.45) is 0. The number of aromatic nitrogens is 1. The van der Waals surface area contributed by atoms with Gasteiger partial charge in [0.2, 0.25) is 0 Å². The Morgan fingerprint density at radius 2 is 2.23 bits per heavy atom. The first-order valence-electron chi connectivity index (χ1n) is 3.83. The number of halogens is 1. The Bertz CT molecular complexity index is 476. The predicted molar refractivity (Wildman–Crippen MR) is 48.4 cm³/mol. The number of hydrogen-bond donors (Lipinski definition) is 1. The molecule has 0 fully saturated rings. The maximum atomic E-state index is 12.8. The van der Waals surface area contributed by atoms with Crippen LogP contribution >= 0.6 is 0 Å². The van der Waals surface area contributed by atoms with Crippen LogP contribution in [0.15, 0.2) is 23.4 Å². The van der Waals surface area contributed by atoms with Crippen LogP contribution in [0.3, 0.4) is 0 Å². The Morgan fingerprint density at radius 1 is 1.46 bits per heavy atom. The van der Waals surface area contributed by atoms with Crippen molar-refractivity contribution in [3.8, 4) is 0 Å². The Labute approximate surface area is 73.5 Å². The van der Waals surface area contributed by atoms with Gasteiger partial charge < -0.3 is 4.98 Å². The first-order valence-corrected chi connectivity index (χ1v) is 3.83. The van der Waals surface area contributed by atoms with E-state index in [1.807, 2.05) is 0 Å². The van der Waals surface area contributed by atoms with Crippen molar-refractivity contribution in [3.63, 3.8) is 0 Å². The van der Waals surface area contributed by atoms with Gasteiger partial charge in [0.05, 0.1) is 0 Å². The number of hydrogen-bond acceptors (Lipinski definition) is 2. The van der Waals surface area contributed by atoms with E-state index >= 15 is 0 Å². The van der Waals surface area contributed by atoms with Crippen molar-refractivity contribution in [2.24, 2.45) is 5.18 Å². The molecule has 2 aromatic rings. The minimum Gasteiger partial charge on any atom is -0.337 e. The largest absolute Gasteiger partial charge is 0.337 e. The highest BCUT2D eigenvalue weighted by Gasteiger charge is 2.07. The average molecular weight is 178 g/mol. The van der Waals surface area contributed by atoms with Crippen LogP contribution in [0.5, 0.6) is 0 Å². The molecular weight excluding hydrogens is 171 g/mol. The van der Waals surface area contributed by atoms with Crippen molar-refractivity contribution in [1.29, 1.82) is 0 Å². The third kappa shape index (κ3) is 1.11. The van der Waals surface area contributed by atoms with E-state index in [-0.39, 0.29) is 11.6 Å². The first kappa shape index (κ1) is 7.91. The minimum atomic E-state index is -0.313. The SMILES string of the molecule is Cc1c(N=O)[nH]c2ccc(F)cc12. The van der Waals surface area contributed by atoms with E-state index in [1.165, 1.54) is 12.1 Å². The van der Waals surface area contributed by atoms with Crippen molar-refractivity contribution in [2.75, 3.05) is 0 Å². The Kier molecular flexibility index (Phi) is 1.62. The normalized spacial score (nSPS) is 10.6. The predicted octanol–water partition coefficient (Wildman–Crippen LogP) is 3.01. The molecule has 66 valence electrons. The number of rotatable bonds is 1. The molecule has 0 saturated carbocycles. The molecule has 1 aromatic heterocycles. The fraction of sp³-hybridized carbons (Fsp3) is 0.111. The third-order valence-corrected chi connectivity index (χ3v) is 2.09. The molecule has 4 heteroatoms. The van der Waals surface area contributed by atoms with Gasteiger partial charge in [-0.25, -0.2) is 4.39 Å². The molecule has 1 aromatic carbocycles. The molecule has 2 rings (SSSR count). The summed E-state index contributed by atoms with van der Waals surface area (Å²) in [5.74, 6) is -0.0485. The smallest absolute Gasteiger partial charge is 0.178 e. The molecule has 0 unspecified atom stereocenters. The fourth-order valence-electron chi connectivity index (χ4n) is 1.38. The van der Waals surface area contributed by atoms with Gasteiger partial charge in [0.15, 0.2) is 5.82 Å². The summed E-state index contributed by atoms with van der Waals surface area (Å²) in [6, 6.07) is 4.31. The molecule has 0 atom stereocenters. The summed E-state index contributed by atoms with van der Waals surface area (Å²) in [6.45, 7) is 1.73. The third-order valence-electron chi connectivity index (χ3n) is 2.09. The average Bonchev–Trinajstić information content (AvgIpc) is 2.44. The van der Waals surface area contributed by atoms with Gasteiger partial charge in [-0.3, -0.25) is 0 Å². The summed E-state index contributed by atoms with van der Waals surface area (Å²) in [5, 5.41) is 3.51. The van der Waals surface area contributed by atoms with Gasteiger partial charge in [0.25, 0.3) is 0 Å². The second-order valence-corrected chi connectivity index (χ2v) is 2.88. The summed E-state index contributed by atoms with van der Waals surface area (Å²) in [5.41, 5.74) is 1.41. The molecule has 0 aliphatic heterocycles. The van der Waals surface area contributed by atoms with Crippen molar-refractivity contribution >= 4 is 16.7 Å². The molecule has 3 nitrogen and oxygen atoms in total. The lowest BCUT2D eigenvalue weighted by molar-refractivity contribution is 0.629. The summed E-state index contributed by atoms with van der Waals surface area (Å²) >= 11 is 0. The maximum Gasteiger partial charge on any atom is 0.178 e. The standard InChI is InChI=1S/C9H7FN2O/c1-5-7-4-6(10)2-3-8(7)11-9(5)12-13/h2-4,11H,1H3. The van der Waals surface area contributed by atoms with Crippen molar-refractivity contribution in [3.05, 3.63) is 34.5 Å². The molecule has 0 amide bonds. The summed E-state index contributed by atoms with van der Waals surface area (Å²) < 4.78 is 12.8. The summed E-state index contributed by atoms with van der Waals surface area (Å²) in [7, 11) is 0. The summed E-state index contributed by atoms with van der Waals surface area (Å²) in [4.78, 5) is 13.1. The van der Waals surface area contributed by atoms with Gasteiger partial charge in [-0.1, -0.05) is 0 Å². The number of fused-ring (bicyclic) bond motifs is 1. The molecule has 0 radical (unpaired) electrons. The highest BCUT2D eigenvalue weighted by atomic mass is 19.1. The quantitative estimate of drug-likeness (QED) is 0.670. The molecule has 0 aliphatic rings. The van der Waals surface area contributed by atoms with Crippen LogP contribution in [0.2, 0.25) is 0 Å². The second kappa shape index (κ2) is 2.65. The Balaban J connectivity index is 2.84. The van der Waals surface area contributed by atoms with Crippen LogP contribution in [-0.4, -0.2) is 4.98 Å². The zero-order valence-corrected chi connectivity index (χ0v) is 6.97. The van der Waals surface area contributed by atoms with E-state index in [4.69, 9.17) is 0 Å². The lowest BCUT2D eigenvalue weighted by atomic mass is 10.2. The van der Waals surface area contributed by atoms with E-state index in [2.05, 4.69) is 10.2 Å². The molecule has 0 spiro atoms. The number of benzene rings is 1.